The van der Waals surface area contributed by atoms with E-state index in [0.29, 0.717) is 22.9 Å². The molecule has 0 radical (unpaired) electrons. The number of esters is 2. The van der Waals surface area contributed by atoms with E-state index in [1.807, 2.05) is 6.92 Å². The summed E-state index contributed by atoms with van der Waals surface area (Å²) >= 11 is 1.42. The molecule has 0 saturated heterocycles. The first-order valence-electron chi connectivity index (χ1n) is 9.62. The van der Waals surface area contributed by atoms with Gasteiger partial charge in [-0.05, 0) is 51.0 Å². The van der Waals surface area contributed by atoms with E-state index in [1.54, 1.807) is 13.8 Å². The molecule has 1 unspecified atom stereocenters. The summed E-state index contributed by atoms with van der Waals surface area (Å²) in [6, 6.07) is 0. The Kier molecular flexibility index (Phi) is 7.83. The number of carbonyl (C=O) groups excluding carboxylic acids is 3. The van der Waals surface area contributed by atoms with Crippen LogP contribution in [0.25, 0.3) is 0 Å². The van der Waals surface area contributed by atoms with Crippen LogP contribution < -0.4 is 5.32 Å². The van der Waals surface area contributed by atoms with Crippen LogP contribution in [0.1, 0.15) is 74.2 Å². The first kappa shape index (κ1) is 21.4. The number of amides is 1. The highest BCUT2D eigenvalue weighted by Crippen LogP contribution is 2.40. The van der Waals surface area contributed by atoms with Crippen molar-refractivity contribution in [2.24, 2.45) is 5.92 Å². The maximum absolute atomic E-state index is 12.6. The predicted octanol–water partition coefficient (Wildman–Crippen LogP) is 4.11. The normalized spacial score (nSPS) is 16.0. The minimum Gasteiger partial charge on any atom is -0.459 e. The van der Waals surface area contributed by atoms with Gasteiger partial charge in [-0.1, -0.05) is 20.3 Å². The lowest BCUT2D eigenvalue weighted by Gasteiger charge is -2.18. The van der Waals surface area contributed by atoms with Crippen LogP contribution in [0.15, 0.2) is 0 Å². The van der Waals surface area contributed by atoms with Gasteiger partial charge in [0.2, 0.25) is 0 Å². The number of thiophene rings is 1. The third-order valence-electron chi connectivity index (χ3n) is 4.41. The molecule has 1 amide bonds. The highest BCUT2D eigenvalue weighted by molar-refractivity contribution is 7.17. The molecule has 1 heterocycles. The van der Waals surface area contributed by atoms with E-state index in [9.17, 15) is 14.4 Å². The van der Waals surface area contributed by atoms with Crippen molar-refractivity contribution in [2.75, 3.05) is 11.9 Å². The summed E-state index contributed by atoms with van der Waals surface area (Å²) in [6.45, 7) is 7.42. The molecule has 0 fully saturated rings. The monoisotopic (exact) mass is 395 g/mol. The molecule has 1 aromatic heterocycles. The summed E-state index contributed by atoms with van der Waals surface area (Å²) in [5.41, 5.74) is 1.44. The molecule has 0 aliphatic heterocycles. The van der Waals surface area contributed by atoms with Crippen LogP contribution in [0.3, 0.4) is 0 Å². The van der Waals surface area contributed by atoms with Crippen LogP contribution >= 0.6 is 11.3 Å². The van der Waals surface area contributed by atoms with E-state index >= 15 is 0 Å². The lowest BCUT2D eigenvalue weighted by atomic mass is 9.88. The van der Waals surface area contributed by atoms with Gasteiger partial charge in [0, 0.05) is 11.3 Å². The zero-order valence-electron chi connectivity index (χ0n) is 16.6. The van der Waals surface area contributed by atoms with Gasteiger partial charge in [-0.2, -0.15) is 0 Å². The molecule has 1 atom stereocenters. The number of ether oxygens (including phenoxy) is 2. The third kappa shape index (κ3) is 6.06. The molecular weight excluding hydrogens is 366 g/mol. The SMILES string of the molecule is CCCCC(=O)OCC(=O)Nc1sc2c(c1C(=O)OC(C)C)CCC(C)C2. The van der Waals surface area contributed by atoms with Crippen molar-refractivity contribution >= 4 is 34.2 Å². The number of nitrogens with one attached hydrogen (secondary N) is 1. The molecule has 150 valence electrons. The molecule has 2 rings (SSSR count). The minimum absolute atomic E-state index is 0.237. The van der Waals surface area contributed by atoms with E-state index in [4.69, 9.17) is 9.47 Å². The second kappa shape index (κ2) is 9.88. The molecule has 0 spiro atoms. The van der Waals surface area contributed by atoms with Gasteiger partial charge in [0.25, 0.3) is 5.91 Å². The first-order valence-corrected chi connectivity index (χ1v) is 10.4. The van der Waals surface area contributed by atoms with Gasteiger partial charge < -0.3 is 14.8 Å². The number of hydrogen-bond acceptors (Lipinski definition) is 6. The van der Waals surface area contributed by atoms with Crippen LogP contribution in [-0.4, -0.2) is 30.6 Å². The Hall–Kier alpha value is -1.89. The number of hydrogen-bond donors (Lipinski definition) is 1. The number of anilines is 1. The molecule has 1 aromatic rings. The summed E-state index contributed by atoms with van der Waals surface area (Å²) in [4.78, 5) is 37.5. The van der Waals surface area contributed by atoms with Gasteiger partial charge in [0.05, 0.1) is 11.7 Å². The number of unbranched alkanes of at least 4 members (excludes halogenated alkanes) is 1. The van der Waals surface area contributed by atoms with Gasteiger partial charge in [-0.3, -0.25) is 9.59 Å². The van der Waals surface area contributed by atoms with Crippen LogP contribution in [0.5, 0.6) is 0 Å². The second-order valence-corrected chi connectivity index (χ2v) is 8.43. The van der Waals surface area contributed by atoms with Gasteiger partial charge in [0.1, 0.15) is 5.00 Å². The molecule has 27 heavy (non-hydrogen) atoms. The van der Waals surface area contributed by atoms with Crippen molar-refractivity contribution in [3.05, 3.63) is 16.0 Å². The molecule has 0 saturated carbocycles. The van der Waals surface area contributed by atoms with Gasteiger partial charge in [-0.15, -0.1) is 11.3 Å². The topological polar surface area (TPSA) is 81.7 Å². The Bertz CT molecular complexity index is 695. The number of carbonyl (C=O) groups is 3. The summed E-state index contributed by atoms with van der Waals surface area (Å²) in [6.07, 6.45) is 4.40. The summed E-state index contributed by atoms with van der Waals surface area (Å²) in [5.74, 6) is -0.684. The molecule has 0 aromatic carbocycles. The zero-order chi connectivity index (χ0) is 20.0. The van der Waals surface area contributed by atoms with Crippen molar-refractivity contribution in [1.82, 2.24) is 0 Å². The van der Waals surface area contributed by atoms with Crippen LogP contribution in [-0.2, 0) is 31.9 Å². The summed E-state index contributed by atoms with van der Waals surface area (Å²) < 4.78 is 10.4. The van der Waals surface area contributed by atoms with Crippen LogP contribution in [0, 0.1) is 5.92 Å². The van der Waals surface area contributed by atoms with Crippen LogP contribution in [0.2, 0.25) is 0 Å². The van der Waals surface area contributed by atoms with E-state index < -0.39 is 11.9 Å². The molecule has 7 heteroatoms. The molecule has 6 nitrogen and oxygen atoms in total. The average Bonchev–Trinajstić information content (AvgIpc) is 2.94. The van der Waals surface area contributed by atoms with Gasteiger partial charge in [0.15, 0.2) is 6.61 Å². The van der Waals surface area contributed by atoms with Gasteiger partial charge in [-0.25, -0.2) is 4.79 Å². The molecule has 0 bridgehead atoms. The van der Waals surface area contributed by atoms with E-state index in [-0.39, 0.29) is 18.7 Å². The van der Waals surface area contributed by atoms with Crippen molar-refractivity contribution in [3.63, 3.8) is 0 Å². The Morgan fingerprint density at radius 3 is 2.70 bits per heavy atom. The fourth-order valence-corrected chi connectivity index (χ4v) is 4.44. The fourth-order valence-electron chi connectivity index (χ4n) is 3.03. The molecule has 1 aliphatic rings. The highest BCUT2D eigenvalue weighted by Gasteiger charge is 2.29. The second-order valence-electron chi connectivity index (χ2n) is 7.32. The Balaban J connectivity index is 2.11. The van der Waals surface area contributed by atoms with Crippen LogP contribution in [0.4, 0.5) is 5.00 Å². The van der Waals surface area contributed by atoms with Gasteiger partial charge >= 0.3 is 11.9 Å². The van der Waals surface area contributed by atoms with E-state index in [0.717, 1.165) is 42.5 Å². The van der Waals surface area contributed by atoms with Crippen molar-refractivity contribution in [2.45, 2.75) is 72.3 Å². The molecule has 1 N–H and O–H groups in total. The Morgan fingerprint density at radius 1 is 1.30 bits per heavy atom. The van der Waals surface area contributed by atoms with E-state index in [1.165, 1.54) is 11.3 Å². The summed E-state index contributed by atoms with van der Waals surface area (Å²) in [5, 5.41) is 3.24. The lowest BCUT2D eigenvalue weighted by Crippen LogP contribution is -2.22. The smallest absolute Gasteiger partial charge is 0.341 e. The standard InChI is InChI=1S/C20H29NO5S/c1-5-6-7-17(23)25-11-16(22)21-19-18(20(24)26-12(2)3)14-9-8-13(4)10-15(14)27-19/h12-13H,5-11H2,1-4H3,(H,21,22). The quantitative estimate of drug-likeness (QED) is 0.670. The first-order chi connectivity index (χ1) is 12.8. The zero-order valence-corrected chi connectivity index (χ0v) is 17.4. The Morgan fingerprint density at radius 2 is 2.04 bits per heavy atom. The van der Waals surface area contributed by atoms with Crippen molar-refractivity contribution in [3.8, 4) is 0 Å². The largest absolute Gasteiger partial charge is 0.459 e. The molecule has 1 aliphatic carbocycles. The summed E-state index contributed by atoms with van der Waals surface area (Å²) in [7, 11) is 0. The predicted molar refractivity (Wildman–Crippen MR) is 105 cm³/mol. The molecular formula is C20H29NO5S. The van der Waals surface area contributed by atoms with E-state index in [2.05, 4.69) is 12.2 Å². The fraction of sp³-hybridized carbons (Fsp3) is 0.650. The maximum atomic E-state index is 12.6. The minimum atomic E-state index is -0.440. The number of fused-ring (bicyclic) bond motifs is 1. The maximum Gasteiger partial charge on any atom is 0.341 e. The highest BCUT2D eigenvalue weighted by atomic mass is 32.1. The Labute approximate surface area is 164 Å². The van der Waals surface area contributed by atoms with Crippen molar-refractivity contribution < 1.29 is 23.9 Å². The number of rotatable bonds is 8. The lowest BCUT2D eigenvalue weighted by molar-refractivity contribution is -0.147. The third-order valence-corrected chi connectivity index (χ3v) is 5.58. The van der Waals surface area contributed by atoms with Crippen molar-refractivity contribution in [1.29, 1.82) is 0 Å². The average molecular weight is 396 g/mol.